The van der Waals surface area contributed by atoms with Crippen LogP contribution >= 0.6 is 11.3 Å². The first kappa shape index (κ1) is 14.8. The van der Waals surface area contributed by atoms with Crippen LogP contribution in [-0.4, -0.2) is 47.7 Å². The van der Waals surface area contributed by atoms with Crippen molar-refractivity contribution in [3.8, 4) is 0 Å². The molecule has 0 aliphatic carbocycles. The molecule has 0 aromatic carbocycles. The molecular formula is C16H20N4O2S. The smallest absolute Gasteiger partial charge is 0.242 e. The molecule has 0 radical (unpaired) electrons. The molecule has 1 amide bonds. The van der Waals surface area contributed by atoms with E-state index in [9.17, 15) is 4.79 Å². The van der Waals surface area contributed by atoms with E-state index in [1.54, 1.807) is 17.7 Å². The molecule has 2 aliphatic heterocycles. The van der Waals surface area contributed by atoms with Crippen molar-refractivity contribution in [3.05, 3.63) is 17.8 Å². The summed E-state index contributed by atoms with van der Waals surface area (Å²) in [6.45, 7) is 2.29. The number of hydrogen-bond donors (Lipinski definition) is 1. The van der Waals surface area contributed by atoms with E-state index < -0.39 is 0 Å². The maximum absolute atomic E-state index is 12.6. The van der Waals surface area contributed by atoms with Gasteiger partial charge in [-0.25, -0.2) is 9.97 Å². The molecule has 2 fully saturated rings. The van der Waals surface area contributed by atoms with E-state index in [-0.39, 0.29) is 18.1 Å². The van der Waals surface area contributed by atoms with E-state index in [2.05, 4.69) is 20.2 Å². The zero-order valence-corrected chi connectivity index (χ0v) is 13.7. The van der Waals surface area contributed by atoms with Crippen molar-refractivity contribution < 1.29 is 9.53 Å². The van der Waals surface area contributed by atoms with Crippen LogP contribution in [0.2, 0.25) is 0 Å². The first-order valence-electron chi connectivity index (χ1n) is 8.17. The number of hydrogen-bond acceptors (Lipinski definition) is 6. The lowest BCUT2D eigenvalue weighted by Crippen LogP contribution is -2.45. The third-order valence-corrected chi connectivity index (χ3v) is 5.42. The molecule has 0 unspecified atom stereocenters. The van der Waals surface area contributed by atoms with Gasteiger partial charge in [-0.05, 0) is 37.1 Å². The van der Waals surface area contributed by atoms with Gasteiger partial charge in [-0.2, -0.15) is 0 Å². The van der Waals surface area contributed by atoms with Crippen molar-refractivity contribution in [1.82, 2.24) is 15.3 Å². The fraction of sp³-hybridized carbons (Fsp3) is 0.562. The van der Waals surface area contributed by atoms with Crippen molar-refractivity contribution in [1.29, 1.82) is 0 Å². The second-order valence-electron chi connectivity index (χ2n) is 6.07. The zero-order valence-electron chi connectivity index (χ0n) is 12.9. The summed E-state index contributed by atoms with van der Waals surface area (Å²) in [6.07, 6.45) is 5.77. The molecule has 4 heterocycles. The van der Waals surface area contributed by atoms with E-state index in [0.717, 1.165) is 54.9 Å². The average Bonchev–Trinajstić information content (AvgIpc) is 3.32. The Morgan fingerprint density at radius 2 is 2.35 bits per heavy atom. The Balaban J connectivity index is 1.49. The number of nitrogens with zero attached hydrogens (tertiary/aromatic N) is 3. The van der Waals surface area contributed by atoms with Crippen LogP contribution in [-0.2, 0) is 9.53 Å². The van der Waals surface area contributed by atoms with Gasteiger partial charge in [-0.1, -0.05) is 0 Å². The van der Waals surface area contributed by atoms with Crippen molar-refractivity contribution in [2.24, 2.45) is 0 Å². The van der Waals surface area contributed by atoms with Crippen molar-refractivity contribution in [2.75, 3.05) is 24.6 Å². The number of carbonyl (C=O) groups excluding carboxylic acids is 1. The lowest BCUT2D eigenvalue weighted by molar-refractivity contribution is -0.122. The monoisotopic (exact) mass is 332 g/mol. The summed E-state index contributed by atoms with van der Waals surface area (Å²) in [4.78, 5) is 24.5. The Hall–Kier alpha value is -1.73. The Labute approximate surface area is 138 Å². The van der Waals surface area contributed by atoms with Gasteiger partial charge in [0.25, 0.3) is 0 Å². The molecule has 2 aliphatic rings. The molecule has 2 atom stereocenters. The molecule has 7 heteroatoms. The van der Waals surface area contributed by atoms with Gasteiger partial charge in [0.1, 0.15) is 23.0 Å². The predicted octanol–water partition coefficient (Wildman–Crippen LogP) is 1.96. The highest BCUT2D eigenvalue weighted by molar-refractivity contribution is 7.16. The van der Waals surface area contributed by atoms with Crippen LogP contribution in [0.5, 0.6) is 0 Å². The highest BCUT2D eigenvalue weighted by Crippen LogP contribution is 2.31. The summed E-state index contributed by atoms with van der Waals surface area (Å²) in [6, 6.07) is 1.89. The van der Waals surface area contributed by atoms with E-state index >= 15 is 0 Å². The topological polar surface area (TPSA) is 67.3 Å². The van der Waals surface area contributed by atoms with Gasteiger partial charge >= 0.3 is 0 Å². The Kier molecular flexibility index (Phi) is 4.13. The highest BCUT2D eigenvalue weighted by atomic mass is 32.1. The lowest BCUT2D eigenvalue weighted by Gasteiger charge is -2.25. The van der Waals surface area contributed by atoms with Gasteiger partial charge in [0.2, 0.25) is 5.91 Å². The number of anilines is 1. The SMILES string of the molecule is O=C(NC[C@H]1CCCO1)[C@H]1CCCN1c1ncnc2sccc12. The second kappa shape index (κ2) is 6.41. The van der Waals surface area contributed by atoms with Crippen molar-refractivity contribution in [3.63, 3.8) is 0 Å². The standard InChI is InChI=1S/C16H20N4O2S/c21-15(17-9-11-3-2-7-22-11)13-4-1-6-20(13)14-12-5-8-23-16(12)19-10-18-14/h5,8,10-11,13H,1-4,6-7,9H2,(H,17,21)/t11-,13-/m1/s1. The first-order valence-corrected chi connectivity index (χ1v) is 9.05. The van der Waals surface area contributed by atoms with Gasteiger partial charge in [0.15, 0.2) is 0 Å². The molecule has 6 nitrogen and oxygen atoms in total. The fourth-order valence-electron chi connectivity index (χ4n) is 3.44. The molecule has 23 heavy (non-hydrogen) atoms. The van der Waals surface area contributed by atoms with Crippen LogP contribution in [0.4, 0.5) is 5.82 Å². The number of nitrogens with one attached hydrogen (secondary N) is 1. The van der Waals surface area contributed by atoms with Crippen molar-refractivity contribution >= 4 is 33.3 Å². The summed E-state index contributed by atoms with van der Waals surface area (Å²) in [5.41, 5.74) is 0. The maximum Gasteiger partial charge on any atom is 0.242 e. The summed E-state index contributed by atoms with van der Waals surface area (Å²) >= 11 is 1.60. The number of fused-ring (bicyclic) bond motifs is 1. The van der Waals surface area contributed by atoms with Crippen LogP contribution in [0.3, 0.4) is 0 Å². The van der Waals surface area contributed by atoms with E-state index in [1.165, 1.54) is 0 Å². The normalized spacial score (nSPS) is 24.4. The van der Waals surface area contributed by atoms with Crippen LogP contribution in [0, 0.1) is 0 Å². The van der Waals surface area contributed by atoms with Gasteiger partial charge in [0, 0.05) is 19.7 Å². The maximum atomic E-state index is 12.6. The Morgan fingerprint density at radius 3 is 3.22 bits per heavy atom. The second-order valence-corrected chi connectivity index (χ2v) is 6.96. The van der Waals surface area contributed by atoms with E-state index in [1.807, 2.05) is 11.4 Å². The summed E-state index contributed by atoms with van der Waals surface area (Å²) in [7, 11) is 0. The average molecular weight is 332 g/mol. The molecule has 0 spiro atoms. The quantitative estimate of drug-likeness (QED) is 0.927. The third-order valence-electron chi connectivity index (χ3n) is 4.60. The van der Waals surface area contributed by atoms with Crippen LogP contribution in [0.25, 0.3) is 10.2 Å². The molecule has 2 saturated heterocycles. The largest absolute Gasteiger partial charge is 0.376 e. The molecular weight excluding hydrogens is 312 g/mol. The van der Waals surface area contributed by atoms with Crippen molar-refractivity contribution in [2.45, 2.75) is 37.8 Å². The summed E-state index contributed by atoms with van der Waals surface area (Å²) < 4.78 is 5.58. The van der Waals surface area contributed by atoms with Gasteiger partial charge in [-0.15, -0.1) is 11.3 Å². The van der Waals surface area contributed by atoms with E-state index in [4.69, 9.17) is 4.74 Å². The molecule has 122 valence electrons. The summed E-state index contributed by atoms with van der Waals surface area (Å²) in [5.74, 6) is 0.964. The lowest BCUT2D eigenvalue weighted by atomic mass is 10.2. The minimum Gasteiger partial charge on any atom is -0.376 e. The van der Waals surface area contributed by atoms with Gasteiger partial charge < -0.3 is 15.0 Å². The predicted molar refractivity (Wildman–Crippen MR) is 89.8 cm³/mol. The van der Waals surface area contributed by atoms with Gasteiger partial charge in [0.05, 0.1) is 11.5 Å². The zero-order chi connectivity index (χ0) is 15.6. The molecule has 2 aromatic rings. The Bertz CT molecular complexity index is 698. The minimum absolute atomic E-state index is 0.0833. The number of ether oxygens (including phenoxy) is 1. The van der Waals surface area contributed by atoms with Crippen LogP contribution < -0.4 is 10.2 Å². The first-order chi connectivity index (χ1) is 11.3. The number of thiophene rings is 1. The van der Waals surface area contributed by atoms with Crippen LogP contribution in [0.1, 0.15) is 25.7 Å². The molecule has 2 aromatic heterocycles. The summed E-state index contributed by atoms with van der Waals surface area (Å²) in [5, 5.41) is 6.12. The number of carbonyl (C=O) groups is 1. The Morgan fingerprint density at radius 1 is 1.39 bits per heavy atom. The van der Waals surface area contributed by atoms with Gasteiger partial charge in [-0.3, -0.25) is 4.79 Å². The molecule has 0 bridgehead atoms. The highest BCUT2D eigenvalue weighted by Gasteiger charge is 2.33. The number of aromatic nitrogens is 2. The van der Waals surface area contributed by atoms with Crippen LogP contribution in [0.15, 0.2) is 17.8 Å². The third kappa shape index (κ3) is 2.90. The molecule has 0 saturated carbocycles. The number of amides is 1. The minimum atomic E-state index is -0.144. The molecule has 4 rings (SSSR count). The molecule has 1 N–H and O–H groups in total. The fourth-order valence-corrected chi connectivity index (χ4v) is 4.16. The number of rotatable bonds is 4. The van der Waals surface area contributed by atoms with E-state index in [0.29, 0.717) is 6.54 Å².